The van der Waals surface area contributed by atoms with Gasteiger partial charge in [0.15, 0.2) is 0 Å². The molecule has 2 bridgehead atoms. The summed E-state index contributed by atoms with van der Waals surface area (Å²) in [6, 6.07) is 7.34. The van der Waals surface area contributed by atoms with Gasteiger partial charge in [-0.25, -0.2) is 4.79 Å². The topological polar surface area (TPSA) is 139 Å². The molecule has 0 radical (unpaired) electrons. The highest BCUT2D eigenvalue weighted by Crippen LogP contribution is 2.44. The van der Waals surface area contributed by atoms with E-state index in [9.17, 15) is 24.3 Å². The molecule has 6 atom stereocenters. The lowest BCUT2D eigenvalue weighted by Crippen LogP contribution is -2.69. The zero-order valence-corrected chi connectivity index (χ0v) is 25.4. The molecule has 4 aliphatic rings. The molecular weight excluding hydrogens is 536 g/mol. The molecule has 10 heteroatoms. The Morgan fingerprint density at radius 1 is 1.07 bits per heavy atom. The molecular formula is C32H49N4O6+. The Labute approximate surface area is 249 Å². The summed E-state index contributed by atoms with van der Waals surface area (Å²) in [6.07, 6.45) is 4.95. The van der Waals surface area contributed by atoms with Crippen LogP contribution in [-0.2, 0) is 25.7 Å². The fraction of sp³-hybridized carbons (Fsp3) is 0.688. The fourth-order valence-corrected chi connectivity index (χ4v) is 7.85. The second-order valence-electron chi connectivity index (χ2n) is 12.5. The zero-order chi connectivity index (χ0) is 30.4. The van der Waals surface area contributed by atoms with Crippen LogP contribution in [0.5, 0.6) is 0 Å². The first-order chi connectivity index (χ1) is 20.1. The summed E-state index contributed by atoms with van der Waals surface area (Å²) in [5.41, 5.74) is 6.93. The quantitative estimate of drug-likeness (QED) is 0.316. The number of carbonyl (C=O) groups is 4. The van der Waals surface area contributed by atoms with Gasteiger partial charge in [0.2, 0.25) is 5.91 Å². The van der Waals surface area contributed by atoms with Crippen LogP contribution in [0.2, 0.25) is 0 Å². The van der Waals surface area contributed by atoms with E-state index in [0.29, 0.717) is 12.3 Å². The Bertz CT molecular complexity index is 1100. The molecule has 0 saturated carbocycles. The lowest BCUT2D eigenvalue weighted by molar-refractivity contribution is -0.796. The molecule has 42 heavy (non-hydrogen) atoms. The number of ether oxygens (including phenoxy) is 1. The third-order valence-electron chi connectivity index (χ3n) is 10.0. The highest BCUT2D eigenvalue weighted by atomic mass is 16.6. The molecule has 10 nitrogen and oxygen atoms in total. The fourth-order valence-electron chi connectivity index (χ4n) is 7.85. The highest BCUT2D eigenvalue weighted by Gasteiger charge is 2.63. The lowest BCUT2D eigenvalue weighted by Gasteiger charge is -2.54. The maximum Gasteiger partial charge on any atom is 0.524 e. The first-order valence-corrected chi connectivity index (χ1v) is 15.8. The predicted molar refractivity (Wildman–Crippen MR) is 158 cm³/mol. The number of aliphatic carboxylic acids is 1. The van der Waals surface area contributed by atoms with Crippen LogP contribution in [0.25, 0.3) is 0 Å². The maximum atomic E-state index is 13.9. The van der Waals surface area contributed by atoms with Gasteiger partial charge in [-0.3, -0.25) is 14.5 Å². The van der Waals surface area contributed by atoms with Gasteiger partial charge in [0, 0.05) is 30.3 Å². The number of nitrogens with one attached hydrogen (secondary N) is 1. The number of nitrogens with zero attached hydrogens (tertiary/aromatic N) is 2. The van der Waals surface area contributed by atoms with Crippen molar-refractivity contribution in [3.05, 3.63) is 35.9 Å². The number of piperidine rings is 3. The Morgan fingerprint density at radius 2 is 1.71 bits per heavy atom. The third kappa shape index (κ3) is 6.55. The molecule has 3 amide bonds. The molecule has 4 fully saturated rings. The van der Waals surface area contributed by atoms with Crippen molar-refractivity contribution >= 4 is 23.9 Å². The summed E-state index contributed by atoms with van der Waals surface area (Å²) < 4.78 is 5.13. The van der Waals surface area contributed by atoms with Crippen LogP contribution in [0, 0.1) is 17.8 Å². The number of carbonyl (C=O) groups excluding carboxylic acids is 3. The Kier molecular flexibility index (Phi) is 10.8. The molecule has 0 spiro atoms. The minimum atomic E-state index is -1.34. The lowest BCUT2D eigenvalue weighted by atomic mass is 9.72. The van der Waals surface area contributed by atoms with Gasteiger partial charge in [-0.15, -0.1) is 0 Å². The van der Waals surface area contributed by atoms with Crippen LogP contribution < -0.4 is 11.1 Å². The summed E-state index contributed by atoms with van der Waals surface area (Å²) in [5, 5.41) is 12.8. The van der Waals surface area contributed by atoms with Gasteiger partial charge in [-0.05, 0) is 57.2 Å². The van der Waals surface area contributed by atoms with Crippen LogP contribution >= 0.6 is 0 Å². The summed E-state index contributed by atoms with van der Waals surface area (Å²) in [6.45, 7) is 8.14. The monoisotopic (exact) mass is 585 g/mol. The van der Waals surface area contributed by atoms with E-state index in [1.54, 1.807) is 0 Å². The summed E-state index contributed by atoms with van der Waals surface area (Å²) in [7, 11) is 0. The maximum absolute atomic E-state index is 13.9. The molecule has 0 aliphatic carbocycles. The van der Waals surface area contributed by atoms with Crippen molar-refractivity contribution in [2.75, 3.05) is 19.6 Å². The molecule has 1 aromatic rings. The number of likely N-dealkylation sites (tertiary alicyclic amines) is 1. The molecule has 4 aliphatic heterocycles. The zero-order valence-electron chi connectivity index (χ0n) is 25.4. The number of fused-ring (bicyclic) bond motifs is 3. The number of hydrogen-bond donors (Lipinski definition) is 3. The first kappa shape index (κ1) is 32.1. The second kappa shape index (κ2) is 14.1. The van der Waals surface area contributed by atoms with E-state index in [4.69, 9.17) is 10.5 Å². The van der Waals surface area contributed by atoms with E-state index in [1.165, 1.54) is 0 Å². The average molecular weight is 586 g/mol. The number of imide groups is 1. The van der Waals surface area contributed by atoms with E-state index < -0.39 is 41.0 Å². The van der Waals surface area contributed by atoms with Crippen molar-refractivity contribution in [1.29, 1.82) is 0 Å². The smallest absolute Gasteiger partial charge is 0.481 e. The first-order valence-electron chi connectivity index (χ1n) is 15.8. The van der Waals surface area contributed by atoms with E-state index in [-0.39, 0.29) is 43.0 Å². The highest BCUT2D eigenvalue weighted by molar-refractivity contribution is 5.88. The molecule has 1 aromatic carbocycles. The van der Waals surface area contributed by atoms with Gasteiger partial charge in [-0.1, -0.05) is 57.0 Å². The van der Waals surface area contributed by atoms with E-state index >= 15 is 0 Å². The van der Waals surface area contributed by atoms with Gasteiger partial charge in [0.05, 0.1) is 13.0 Å². The third-order valence-corrected chi connectivity index (χ3v) is 10.0. The average Bonchev–Trinajstić information content (AvgIpc) is 3.33. The van der Waals surface area contributed by atoms with E-state index in [1.807, 2.05) is 37.3 Å². The number of benzene rings is 1. The summed E-state index contributed by atoms with van der Waals surface area (Å²) in [5.74, 6) is -1.46. The Balaban J connectivity index is 1.62. The van der Waals surface area contributed by atoms with Crippen LogP contribution in [0.3, 0.4) is 0 Å². The van der Waals surface area contributed by atoms with Crippen molar-refractivity contribution in [2.45, 2.75) is 103 Å². The number of quaternary nitrogens is 1. The standard InChI is InChI=1S/C32H48N4O6/c1-4-9-24(10-5-2)30(39)34-28-23-13-16-35(17-14-23)29(28)25-15-18-36(21(25)3,31(40)26(33)19-27(37)38)32(41)42-20-22-11-7-6-8-12-22/h6-8,11-12,21,23-26,28-29H,4-5,9-10,13-20,33H2,1-3H3,(H-,34,37,38,39)/p+1/t21-,25?,26+,28+,29?,36?/m1/s1. The largest absolute Gasteiger partial charge is 0.524 e. The Hall–Kier alpha value is -2.82. The van der Waals surface area contributed by atoms with E-state index in [2.05, 4.69) is 24.1 Å². The van der Waals surface area contributed by atoms with Crippen molar-refractivity contribution in [1.82, 2.24) is 10.2 Å². The molecule has 232 valence electrons. The minimum absolute atomic E-state index is 0.00502. The number of carboxylic acid groups (broad SMARTS) is 1. The number of amides is 3. The Morgan fingerprint density at radius 3 is 2.31 bits per heavy atom. The molecule has 4 N–H and O–H groups in total. The minimum Gasteiger partial charge on any atom is -0.481 e. The molecule has 3 unspecified atom stereocenters. The predicted octanol–water partition coefficient (Wildman–Crippen LogP) is 3.67. The van der Waals surface area contributed by atoms with Gasteiger partial charge < -0.3 is 20.9 Å². The number of rotatable bonds is 12. The summed E-state index contributed by atoms with van der Waals surface area (Å²) >= 11 is 0. The molecule has 0 aromatic heterocycles. The number of hydrogen-bond acceptors (Lipinski definition) is 7. The van der Waals surface area contributed by atoms with Crippen LogP contribution in [-0.4, -0.2) is 82.2 Å². The van der Waals surface area contributed by atoms with Crippen molar-refractivity contribution in [3.8, 4) is 0 Å². The van der Waals surface area contributed by atoms with Gasteiger partial charge in [0.25, 0.3) is 0 Å². The van der Waals surface area contributed by atoms with Crippen LogP contribution in [0.15, 0.2) is 30.3 Å². The molecule has 4 heterocycles. The van der Waals surface area contributed by atoms with Gasteiger partial charge >= 0.3 is 18.0 Å². The van der Waals surface area contributed by atoms with Crippen molar-refractivity contribution in [2.24, 2.45) is 23.5 Å². The molecule has 5 rings (SSSR count). The van der Waals surface area contributed by atoms with Crippen molar-refractivity contribution in [3.63, 3.8) is 0 Å². The molecule has 4 saturated heterocycles. The SMILES string of the molecule is CCCC(CCC)C(=O)N[C@H]1C2CCN(CC2)C1C1CC[N+](C(=O)OCc2ccccc2)(C(=O)[C@@H](N)CC(=O)O)[C@@H]1C. The van der Waals surface area contributed by atoms with Crippen molar-refractivity contribution < 1.29 is 33.5 Å². The second-order valence-corrected chi connectivity index (χ2v) is 12.5. The number of carboxylic acids is 1. The van der Waals surface area contributed by atoms with Crippen LogP contribution in [0.4, 0.5) is 4.79 Å². The van der Waals surface area contributed by atoms with Gasteiger partial charge in [-0.2, -0.15) is 9.28 Å². The van der Waals surface area contributed by atoms with E-state index in [0.717, 1.165) is 57.2 Å². The van der Waals surface area contributed by atoms with Crippen LogP contribution in [0.1, 0.15) is 77.7 Å². The normalized spacial score (nSPS) is 31.1. The summed E-state index contributed by atoms with van der Waals surface area (Å²) in [4.78, 5) is 55.3. The number of nitrogens with two attached hydrogens (primary N) is 1. The van der Waals surface area contributed by atoms with Gasteiger partial charge in [0.1, 0.15) is 18.7 Å².